The number of hydrogen-bond donors (Lipinski definition) is 2. The average molecular weight is 315 g/mol. The van der Waals surface area contributed by atoms with Crippen molar-refractivity contribution >= 4 is 27.5 Å². The third kappa shape index (κ3) is 2.90. The highest BCUT2D eigenvalue weighted by Crippen LogP contribution is 2.28. The normalized spacial score (nSPS) is 23.7. The molecule has 1 amide bonds. The van der Waals surface area contributed by atoms with Gasteiger partial charge in [-0.3, -0.25) is 4.79 Å². The van der Waals surface area contributed by atoms with Gasteiger partial charge in [-0.2, -0.15) is 0 Å². The Kier molecular flexibility index (Phi) is 4.02. The van der Waals surface area contributed by atoms with Crippen LogP contribution in [0.25, 0.3) is 0 Å². The fourth-order valence-electron chi connectivity index (χ4n) is 2.11. The van der Waals surface area contributed by atoms with E-state index in [1.165, 1.54) is 6.07 Å². The summed E-state index contributed by atoms with van der Waals surface area (Å²) in [7, 11) is 0. The van der Waals surface area contributed by atoms with Gasteiger partial charge in [0.05, 0.1) is 11.1 Å². The molecule has 2 N–H and O–H groups in total. The molecule has 1 aromatic rings. The van der Waals surface area contributed by atoms with E-state index in [-0.39, 0.29) is 11.6 Å². The number of piperidine rings is 1. The molecular weight excluding hydrogens is 299 g/mol. The van der Waals surface area contributed by atoms with Crippen molar-refractivity contribution in [3.05, 3.63) is 28.5 Å². The molecule has 0 bridgehead atoms. The third-order valence-corrected chi connectivity index (χ3v) is 3.82. The van der Waals surface area contributed by atoms with Crippen LogP contribution in [-0.4, -0.2) is 19.0 Å². The number of hydrogen-bond acceptors (Lipinski definition) is 2. The molecule has 1 unspecified atom stereocenters. The Morgan fingerprint density at radius 3 is 2.94 bits per heavy atom. The van der Waals surface area contributed by atoms with Crippen molar-refractivity contribution < 1.29 is 9.18 Å². The van der Waals surface area contributed by atoms with Crippen molar-refractivity contribution in [2.45, 2.75) is 19.8 Å². The average Bonchev–Trinajstić information content (AvgIpc) is 2.33. The minimum absolute atomic E-state index is 0.129. The predicted octanol–water partition coefficient (Wildman–Crippen LogP) is 2.92. The van der Waals surface area contributed by atoms with Crippen molar-refractivity contribution in [3.8, 4) is 0 Å². The van der Waals surface area contributed by atoms with Crippen LogP contribution in [0.3, 0.4) is 0 Å². The van der Waals surface area contributed by atoms with E-state index >= 15 is 0 Å². The molecule has 1 aliphatic rings. The van der Waals surface area contributed by atoms with E-state index in [0.717, 1.165) is 19.4 Å². The van der Waals surface area contributed by atoms with Gasteiger partial charge in [-0.25, -0.2) is 4.39 Å². The Morgan fingerprint density at radius 2 is 2.33 bits per heavy atom. The van der Waals surface area contributed by atoms with E-state index in [9.17, 15) is 9.18 Å². The van der Waals surface area contributed by atoms with Crippen LogP contribution in [0, 0.1) is 11.2 Å². The Morgan fingerprint density at radius 1 is 1.56 bits per heavy atom. The van der Waals surface area contributed by atoms with Crippen LogP contribution in [0.2, 0.25) is 0 Å². The number of benzene rings is 1. The van der Waals surface area contributed by atoms with Gasteiger partial charge in [0, 0.05) is 11.0 Å². The van der Waals surface area contributed by atoms with Crippen molar-refractivity contribution in [2.24, 2.45) is 5.41 Å². The van der Waals surface area contributed by atoms with Gasteiger partial charge in [0.25, 0.3) is 0 Å². The molecule has 0 saturated carbocycles. The summed E-state index contributed by atoms with van der Waals surface area (Å²) in [5.41, 5.74) is -0.229. The van der Waals surface area contributed by atoms with E-state index < -0.39 is 11.2 Å². The van der Waals surface area contributed by atoms with Gasteiger partial charge in [-0.1, -0.05) is 15.9 Å². The predicted molar refractivity (Wildman–Crippen MR) is 72.9 cm³/mol. The van der Waals surface area contributed by atoms with Crippen LogP contribution < -0.4 is 10.6 Å². The first-order valence-corrected chi connectivity index (χ1v) is 6.78. The zero-order valence-corrected chi connectivity index (χ0v) is 11.8. The number of carbonyl (C=O) groups is 1. The molecule has 2 rings (SSSR count). The number of halogens is 2. The second kappa shape index (κ2) is 5.36. The Hall–Kier alpha value is -0.940. The zero-order valence-electron chi connectivity index (χ0n) is 10.2. The molecule has 0 radical (unpaired) electrons. The van der Waals surface area contributed by atoms with Crippen molar-refractivity contribution in [1.29, 1.82) is 0 Å². The molecule has 1 aromatic carbocycles. The van der Waals surface area contributed by atoms with E-state index in [0.29, 0.717) is 11.0 Å². The standard InChI is InChI=1S/C13H16BrFN2O/c1-13(5-2-6-16-8-13)12(18)17-11-4-3-9(14)7-10(11)15/h3-4,7,16H,2,5-6,8H2,1H3,(H,17,18). The van der Waals surface area contributed by atoms with Crippen LogP contribution in [0.5, 0.6) is 0 Å². The van der Waals surface area contributed by atoms with Gasteiger partial charge in [-0.05, 0) is 44.5 Å². The maximum Gasteiger partial charge on any atom is 0.231 e. The maximum absolute atomic E-state index is 13.6. The first kappa shape index (κ1) is 13.5. The first-order valence-electron chi connectivity index (χ1n) is 5.98. The summed E-state index contributed by atoms with van der Waals surface area (Å²) in [4.78, 5) is 12.2. The first-order chi connectivity index (χ1) is 8.51. The smallest absolute Gasteiger partial charge is 0.231 e. The topological polar surface area (TPSA) is 41.1 Å². The van der Waals surface area contributed by atoms with Gasteiger partial charge in [-0.15, -0.1) is 0 Å². The monoisotopic (exact) mass is 314 g/mol. The molecule has 18 heavy (non-hydrogen) atoms. The van der Waals surface area contributed by atoms with Gasteiger partial charge >= 0.3 is 0 Å². The fraction of sp³-hybridized carbons (Fsp3) is 0.462. The van der Waals surface area contributed by atoms with Crippen molar-refractivity contribution in [3.63, 3.8) is 0 Å². The lowest BCUT2D eigenvalue weighted by Crippen LogP contribution is -2.46. The largest absolute Gasteiger partial charge is 0.323 e. The highest BCUT2D eigenvalue weighted by Gasteiger charge is 2.34. The molecule has 98 valence electrons. The summed E-state index contributed by atoms with van der Waals surface area (Å²) in [6.45, 7) is 3.48. The minimum atomic E-state index is -0.461. The summed E-state index contributed by atoms with van der Waals surface area (Å²) in [6, 6.07) is 4.62. The molecule has 3 nitrogen and oxygen atoms in total. The molecular formula is C13H16BrFN2O. The quantitative estimate of drug-likeness (QED) is 0.881. The lowest BCUT2D eigenvalue weighted by atomic mass is 9.82. The SMILES string of the molecule is CC1(C(=O)Nc2ccc(Br)cc2F)CCCNC1. The number of carbonyl (C=O) groups excluding carboxylic acids is 1. The highest BCUT2D eigenvalue weighted by molar-refractivity contribution is 9.10. The summed E-state index contributed by atoms with van der Waals surface area (Å²) in [5.74, 6) is -0.555. The Labute approximate surface area is 114 Å². The van der Waals surface area contributed by atoms with Gasteiger partial charge < -0.3 is 10.6 Å². The molecule has 0 spiro atoms. The molecule has 1 heterocycles. The van der Waals surface area contributed by atoms with Crippen LogP contribution in [-0.2, 0) is 4.79 Å². The molecule has 1 fully saturated rings. The minimum Gasteiger partial charge on any atom is -0.323 e. The summed E-state index contributed by atoms with van der Waals surface area (Å²) < 4.78 is 14.3. The van der Waals surface area contributed by atoms with E-state index in [4.69, 9.17) is 0 Å². The van der Waals surface area contributed by atoms with Crippen LogP contribution in [0.15, 0.2) is 22.7 Å². The van der Waals surface area contributed by atoms with Crippen LogP contribution in [0.1, 0.15) is 19.8 Å². The number of nitrogens with one attached hydrogen (secondary N) is 2. The lowest BCUT2D eigenvalue weighted by molar-refractivity contribution is -0.125. The summed E-state index contributed by atoms with van der Waals surface area (Å²) in [5, 5.41) is 5.88. The lowest BCUT2D eigenvalue weighted by Gasteiger charge is -2.32. The van der Waals surface area contributed by atoms with E-state index in [1.807, 2.05) is 6.92 Å². The van der Waals surface area contributed by atoms with Crippen LogP contribution >= 0.6 is 15.9 Å². The van der Waals surface area contributed by atoms with Crippen molar-refractivity contribution in [2.75, 3.05) is 18.4 Å². The van der Waals surface area contributed by atoms with E-state index in [1.54, 1.807) is 12.1 Å². The molecule has 5 heteroatoms. The second-order valence-corrected chi connectivity index (χ2v) is 5.83. The van der Waals surface area contributed by atoms with Crippen molar-refractivity contribution in [1.82, 2.24) is 5.32 Å². The van der Waals surface area contributed by atoms with Gasteiger partial charge in [0.1, 0.15) is 5.82 Å². The summed E-state index contributed by atoms with van der Waals surface area (Å²) >= 11 is 3.19. The maximum atomic E-state index is 13.6. The Balaban J connectivity index is 2.11. The molecule has 1 aliphatic heterocycles. The summed E-state index contributed by atoms with van der Waals surface area (Å²) in [6.07, 6.45) is 1.79. The Bertz CT molecular complexity index is 458. The van der Waals surface area contributed by atoms with Gasteiger partial charge in [0.2, 0.25) is 5.91 Å². The zero-order chi connectivity index (χ0) is 13.2. The number of amides is 1. The molecule has 1 saturated heterocycles. The highest BCUT2D eigenvalue weighted by atomic mass is 79.9. The number of rotatable bonds is 2. The third-order valence-electron chi connectivity index (χ3n) is 3.32. The van der Waals surface area contributed by atoms with Crippen LogP contribution in [0.4, 0.5) is 10.1 Å². The van der Waals surface area contributed by atoms with Gasteiger partial charge in [0.15, 0.2) is 0 Å². The second-order valence-electron chi connectivity index (χ2n) is 4.92. The fourth-order valence-corrected chi connectivity index (χ4v) is 2.45. The molecule has 0 aliphatic carbocycles. The number of anilines is 1. The van der Waals surface area contributed by atoms with E-state index in [2.05, 4.69) is 26.6 Å². The molecule has 1 atom stereocenters. The molecule has 0 aromatic heterocycles.